The number of aromatic hydroxyl groups is 1. The van der Waals surface area contributed by atoms with Crippen molar-refractivity contribution in [1.82, 2.24) is 10.6 Å². The van der Waals surface area contributed by atoms with E-state index in [2.05, 4.69) is 22.8 Å². The standard InChI is InChI=1S/C16H16N2O2/c19-15-3-1-2-12(7-15)16(20)18-8-11-4-5-13-9-17-10-14(13)6-11/h1-7,17,19H,8-10H2,(H,18,20). The maximum atomic E-state index is 12.0. The van der Waals surface area contributed by atoms with E-state index in [-0.39, 0.29) is 11.7 Å². The van der Waals surface area contributed by atoms with Crippen LogP contribution in [-0.4, -0.2) is 11.0 Å². The van der Waals surface area contributed by atoms with Crippen molar-refractivity contribution in [2.24, 2.45) is 0 Å². The normalized spacial score (nSPS) is 13.0. The van der Waals surface area contributed by atoms with E-state index in [0.717, 1.165) is 18.7 Å². The van der Waals surface area contributed by atoms with Crippen molar-refractivity contribution in [3.05, 3.63) is 64.7 Å². The first kappa shape index (κ1) is 12.7. The minimum absolute atomic E-state index is 0.0984. The van der Waals surface area contributed by atoms with Crippen LogP contribution in [0.15, 0.2) is 42.5 Å². The van der Waals surface area contributed by atoms with Gasteiger partial charge in [-0.25, -0.2) is 0 Å². The quantitative estimate of drug-likeness (QED) is 0.797. The zero-order valence-electron chi connectivity index (χ0n) is 11.0. The highest BCUT2D eigenvalue weighted by molar-refractivity contribution is 5.94. The summed E-state index contributed by atoms with van der Waals surface area (Å²) in [4.78, 5) is 12.0. The molecule has 0 saturated heterocycles. The van der Waals surface area contributed by atoms with Crippen molar-refractivity contribution < 1.29 is 9.90 Å². The lowest BCUT2D eigenvalue weighted by molar-refractivity contribution is 0.0950. The molecule has 3 N–H and O–H groups in total. The highest BCUT2D eigenvalue weighted by Gasteiger charge is 2.11. The number of carbonyl (C=O) groups excluding carboxylic acids is 1. The van der Waals surface area contributed by atoms with Crippen LogP contribution in [0.5, 0.6) is 5.75 Å². The second-order valence-corrected chi connectivity index (χ2v) is 4.94. The third kappa shape index (κ3) is 2.65. The SMILES string of the molecule is O=C(NCc1ccc2c(c1)CNC2)c1cccc(O)c1. The van der Waals surface area contributed by atoms with Gasteiger partial charge in [-0.05, 0) is 34.9 Å². The van der Waals surface area contributed by atoms with Crippen LogP contribution in [-0.2, 0) is 19.6 Å². The number of fused-ring (bicyclic) bond motifs is 1. The average molecular weight is 268 g/mol. The lowest BCUT2D eigenvalue weighted by Gasteiger charge is -2.07. The lowest BCUT2D eigenvalue weighted by Crippen LogP contribution is -2.22. The lowest BCUT2D eigenvalue weighted by atomic mass is 10.1. The summed E-state index contributed by atoms with van der Waals surface area (Å²) >= 11 is 0. The summed E-state index contributed by atoms with van der Waals surface area (Å²) in [5, 5.41) is 15.5. The maximum Gasteiger partial charge on any atom is 0.251 e. The molecule has 4 nitrogen and oxygen atoms in total. The van der Waals surface area contributed by atoms with Gasteiger partial charge in [0.25, 0.3) is 5.91 Å². The van der Waals surface area contributed by atoms with E-state index in [1.807, 2.05) is 6.07 Å². The number of amides is 1. The molecule has 0 saturated carbocycles. The Bertz CT molecular complexity index is 653. The zero-order chi connectivity index (χ0) is 13.9. The van der Waals surface area contributed by atoms with Gasteiger partial charge in [-0.15, -0.1) is 0 Å². The molecule has 0 aromatic heterocycles. The van der Waals surface area contributed by atoms with E-state index in [0.29, 0.717) is 12.1 Å². The molecule has 4 heteroatoms. The van der Waals surface area contributed by atoms with Crippen LogP contribution in [0.2, 0.25) is 0 Å². The molecule has 1 heterocycles. The molecule has 0 unspecified atom stereocenters. The van der Waals surface area contributed by atoms with Crippen molar-refractivity contribution in [3.8, 4) is 5.75 Å². The van der Waals surface area contributed by atoms with E-state index >= 15 is 0 Å². The van der Waals surface area contributed by atoms with Crippen molar-refractivity contribution >= 4 is 5.91 Å². The molecule has 0 atom stereocenters. The smallest absolute Gasteiger partial charge is 0.251 e. The van der Waals surface area contributed by atoms with Gasteiger partial charge in [0.05, 0.1) is 0 Å². The van der Waals surface area contributed by atoms with Crippen LogP contribution >= 0.6 is 0 Å². The maximum absolute atomic E-state index is 12.0. The Labute approximate surface area is 117 Å². The van der Waals surface area contributed by atoms with Crippen LogP contribution in [0, 0.1) is 0 Å². The first-order valence-electron chi connectivity index (χ1n) is 6.61. The summed E-state index contributed by atoms with van der Waals surface area (Å²) in [6.45, 7) is 2.30. The second-order valence-electron chi connectivity index (χ2n) is 4.94. The van der Waals surface area contributed by atoms with Crippen LogP contribution in [0.3, 0.4) is 0 Å². The average Bonchev–Trinajstić information content (AvgIpc) is 2.92. The minimum Gasteiger partial charge on any atom is -0.508 e. The van der Waals surface area contributed by atoms with Gasteiger partial charge in [-0.2, -0.15) is 0 Å². The summed E-state index contributed by atoms with van der Waals surface area (Å²) in [5.41, 5.74) is 4.18. The van der Waals surface area contributed by atoms with Gasteiger partial charge in [0, 0.05) is 25.2 Å². The van der Waals surface area contributed by atoms with Gasteiger partial charge < -0.3 is 15.7 Å². The first-order valence-corrected chi connectivity index (χ1v) is 6.61. The van der Waals surface area contributed by atoms with E-state index in [9.17, 15) is 9.90 Å². The number of nitrogens with one attached hydrogen (secondary N) is 2. The van der Waals surface area contributed by atoms with Gasteiger partial charge in [-0.1, -0.05) is 24.3 Å². The van der Waals surface area contributed by atoms with Gasteiger partial charge in [0.15, 0.2) is 0 Å². The van der Waals surface area contributed by atoms with Gasteiger partial charge >= 0.3 is 0 Å². The Kier molecular flexibility index (Phi) is 3.39. The fraction of sp³-hybridized carbons (Fsp3) is 0.188. The summed E-state index contributed by atoms with van der Waals surface area (Å²) in [6.07, 6.45) is 0. The minimum atomic E-state index is -0.181. The fourth-order valence-electron chi connectivity index (χ4n) is 2.39. The highest BCUT2D eigenvalue weighted by Crippen LogP contribution is 2.17. The van der Waals surface area contributed by atoms with Gasteiger partial charge in [-0.3, -0.25) is 4.79 Å². The number of rotatable bonds is 3. The highest BCUT2D eigenvalue weighted by atomic mass is 16.3. The zero-order valence-corrected chi connectivity index (χ0v) is 11.0. The van der Waals surface area contributed by atoms with E-state index < -0.39 is 0 Å². The molecule has 20 heavy (non-hydrogen) atoms. The van der Waals surface area contributed by atoms with Crippen LogP contribution in [0.25, 0.3) is 0 Å². The largest absolute Gasteiger partial charge is 0.508 e. The number of hydrogen-bond acceptors (Lipinski definition) is 3. The molecule has 1 aliphatic rings. The molecule has 0 aliphatic carbocycles. The number of hydrogen-bond donors (Lipinski definition) is 3. The van der Waals surface area contributed by atoms with E-state index in [1.165, 1.54) is 17.2 Å². The molecule has 3 rings (SSSR count). The third-order valence-electron chi connectivity index (χ3n) is 3.46. The molecule has 102 valence electrons. The molecule has 0 spiro atoms. The molecule has 1 amide bonds. The molecule has 2 aromatic carbocycles. The van der Waals surface area contributed by atoms with Crippen LogP contribution < -0.4 is 10.6 Å². The first-order chi connectivity index (χ1) is 9.72. The van der Waals surface area contributed by atoms with Gasteiger partial charge in [0.2, 0.25) is 0 Å². The third-order valence-corrected chi connectivity index (χ3v) is 3.46. The van der Waals surface area contributed by atoms with Crippen LogP contribution in [0.1, 0.15) is 27.0 Å². The topological polar surface area (TPSA) is 61.4 Å². The second kappa shape index (κ2) is 5.35. The predicted octanol–water partition coefficient (Wildman–Crippen LogP) is 1.93. The molecule has 1 aliphatic heterocycles. The number of carbonyl (C=O) groups is 1. The summed E-state index contributed by atoms with van der Waals surface area (Å²) in [5.74, 6) is -0.0826. The molecule has 0 fully saturated rings. The van der Waals surface area contributed by atoms with Gasteiger partial charge in [0.1, 0.15) is 5.75 Å². The van der Waals surface area contributed by atoms with Crippen molar-refractivity contribution in [1.29, 1.82) is 0 Å². The predicted molar refractivity (Wildman–Crippen MR) is 76.3 cm³/mol. The van der Waals surface area contributed by atoms with Crippen LogP contribution in [0.4, 0.5) is 0 Å². The molecular formula is C16H16N2O2. The number of phenols is 1. The molecule has 0 bridgehead atoms. The Morgan fingerprint density at radius 1 is 1.15 bits per heavy atom. The summed E-state index contributed by atoms with van der Waals surface area (Å²) in [7, 11) is 0. The molecule has 0 radical (unpaired) electrons. The molecular weight excluding hydrogens is 252 g/mol. The monoisotopic (exact) mass is 268 g/mol. The Hall–Kier alpha value is -2.33. The van der Waals surface area contributed by atoms with E-state index in [4.69, 9.17) is 0 Å². The number of phenolic OH excluding ortho intramolecular Hbond substituents is 1. The number of benzene rings is 2. The summed E-state index contributed by atoms with van der Waals surface area (Å²) < 4.78 is 0. The van der Waals surface area contributed by atoms with E-state index in [1.54, 1.807) is 18.2 Å². The molecule has 2 aromatic rings. The Morgan fingerprint density at radius 3 is 2.85 bits per heavy atom. The van der Waals surface area contributed by atoms with Crippen molar-refractivity contribution in [3.63, 3.8) is 0 Å². The Balaban J connectivity index is 1.66. The van der Waals surface area contributed by atoms with Crippen molar-refractivity contribution in [2.45, 2.75) is 19.6 Å². The summed E-state index contributed by atoms with van der Waals surface area (Å²) in [6, 6.07) is 12.6. The Morgan fingerprint density at radius 2 is 2.00 bits per heavy atom. The fourth-order valence-corrected chi connectivity index (χ4v) is 2.39. The van der Waals surface area contributed by atoms with Crippen molar-refractivity contribution in [2.75, 3.05) is 0 Å².